The molecule has 1 aromatic carbocycles. The third-order valence-electron chi connectivity index (χ3n) is 4.35. The molecule has 1 aliphatic rings. The topological polar surface area (TPSA) is 93.5 Å². The highest BCUT2D eigenvalue weighted by atomic mass is 32.2. The standard InChI is InChI=1S/C18H25FN4O4S/c1-18(2,3)27-17(24)21-14-11-22(10-9-12(14)19)16-20-13-7-5-6-8-15(13)23(16)28(4,25)26/h5-8,12,14H,9-11H2,1-4H3,(H,21,24)/t12-,14-/m1/s1. The van der Waals surface area contributed by atoms with Crippen molar-refractivity contribution < 1.29 is 22.3 Å². The molecule has 1 aromatic heterocycles. The van der Waals surface area contributed by atoms with Crippen LogP contribution in [0.25, 0.3) is 11.0 Å². The molecule has 10 heteroatoms. The first-order chi connectivity index (χ1) is 13.0. The van der Waals surface area contributed by atoms with Crippen LogP contribution < -0.4 is 10.2 Å². The number of nitrogens with zero attached hydrogens (tertiary/aromatic N) is 3. The maximum absolute atomic E-state index is 14.4. The van der Waals surface area contributed by atoms with Crippen molar-refractivity contribution in [3.8, 4) is 0 Å². The minimum absolute atomic E-state index is 0.0826. The summed E-state index contributed by atoms with van der Waals surface area (Å²) in [5.74, 6) is 0.214. The Morgan fingerprint density at radius 3 is 2.64 bits per heavy atom. The summed E-state index contributed by atoms with van der Waals surface area (Å²) < 4.78 is 45.6. The molecule has 0 spiro atoms. The number of amides is 1. The molecule has 0 bridgehead atoms. The van der Waals surface area contributed by atoms with Crippen LogP contribution in [0.2, 0.25) is 0 Å². The summed E-state index contributed by atoms with van der Waals surface area (Å²) in [6.07, 6.45) is -0.741. The third kappa shape index (κ3) is 4.37. The number of alkyl carbamates (subject to hydrolysis) is 1. The fourth-order valence-corrected chi connectivity index (χ4v) is 4.18. The Morgan fingerprint density at radius 1 is 1.32 bits per heavy atom. The molecule has 1 amide bonds. The lowest BCUT2D eigenvalue weighted by Crippen LogP contribution is -2.55. The first-order valence-corrected chi connectivity index (χ1v) is 10.9. The normalized spacial score (nSPS) is 21.0. The Morgan fingerprint density at radius 2 is 2.00 bits per heavy atom. The van der Waals surface area contributed by atoms with Crippen LogP contribution in [0.4, 0.5) is 15.1 Å². The minimum Gasteiger partial charge on any atom is -0.444 e. The van der Waals surface area contributed by atoms with Gasteiger partial charge in [0, 0.05) is 13.1 Å². The molecule has 2 atom stereocenters. The fraction of sp³-hybridized carbons (Fsp3) is 0.556. The zero-order valence-corrected chi connectivity index (χ0v) is 17.2. The molecule has 0 aliphatic carbocycles. The van der Waals surface area contributed by atoms with E-state index in [9.17, 15) is 17.6 Å². The van der Waals surface area contributed by atoms with Crippen molar-refractivity contribution >= 4 is 33.1 Å². The van der Waals surface area contributed by atoms with Crippen LogP contribution in [0.1, 0.15) is 27.2 Å². The van der Waals surface area contributed by atoms with Crippen LogP contribution in [-0.2, 0) is 14.8 Å². The van der Waals surface area contributed by atoms with Crippen LogP contribution in [-0.4, -0.2) is 60.6 Å². The number of ether oxygens (including phenoxy) is 1. The highest BCUT2D eigenvalue weighted by Gasteiger charge is 2.34. The van der Waals surface area contributed by atoms with Crippen LogP contribution >= 0.6 is 0 Å². The SMILES string of the molecule is CC(C)(C)OC(=O)N[C@@H]1CN(c2nc3ccccc3n2S(C)(=O)=O)CC[C@H]1F. The molecule has 1 saturated heterocycles. The van der Waals surface area contributed by atoms with E-state index in [1.807, 2.05) is 0 Å². The van der Waals surface area contributed by atoms with E-state index >= 15 is 0 Å². The molecular formula is C18H25FN4O4S. The summed E-state index contributed by atoms with van der Waals surface area (Å²) in [4.78, 5) is 18.2. The van der Waals surface area contributed by atoms with Gasteiger partial charge in [-0.15, -0.1) is 0 Å². The van der Waals surface area contributed by atoms with E-state index < -0.39 is 33.9 Å². The molecule has 0 radical (unpaired) electrons. The van der Waals surface area contributed by atoms with Gasteiger partial charge in [-0.2, -0.15) is 0 Å². The van der Waals surface area contributed by atoms with Crippen molar-refractivity contribution in [1.29, 1.82) is 0 Å². The Hall–Kier alpha value is -2.36. The van der Waals surface area contributed by atoms with Gasteiger partial charge in [-0.3, -0.25) is 0 Å². The predicted octanol–water partition coefficient (Wildman–Crippen LogP) is 2.29. The Labute approximate surface area is 163 Å². The smallest absolute Gasteiger partial charge is 0.408 e. The minimum atomic E-state index is -3.64. The number of hydrogen-bond acceptors (Lipinski definition) is 6. The van der Waals surface area contributed by atoms with Crippen molar-refractivity contribution in [3.05, 3.63) is 24.3 Å². The average molecular weight is 412 g/mol. The lowest BCUT2D eigenvalue weighted by molar-refractivity contribution is 0.0465. The van der Waals surface area contributed by atoms with E-state index in [0.29, 0.717) is 11.0 Å². The van der Waals surface area contributed by atoms with E-state index in [2.05, 4.69) is 10.3 Å². The Kier molecular flexibility index (Phi) is 5.26. The maximum atomic E-state index is 14.4. The largest absolute Gasteiger partial charge is 0.444 e. The molecule has 1 N–H and O–H groups in total. The van der Waals surface area contributed by atoms with E-state index in [1.54, 1.807) is 49.9 Å². The van der Waals surface area contributed by atoms with Gasteiger partial charge in [0.15, 0.2) is 0 Å². The van der Waals surface area contributed by atoms with Crippen molar-refractivity contribution in [3.63, 3.8) is 0 Å². The number of anilines is 1. The molecule has 28 heavy (non-hydrogen) atoms. The Bertz CT molecular complexity index is 983. The second-order valence-corrected chi connectivity index (χ2v) is 9.76. The second kappa shape index (κ2) is 7.23. The molecule has 3 rings (SSSR count). The number of nitrogens with one attached hydrogen (secondary N) is 1. The van der Waals surface area contributed by atoms with Crippen LogP contribution in [0.5, 0.6) is 0 Å². The summed E-state index contributed by atoms with van der Waals surface area (Å²) in [5, 5.41) is 2.55. The number of imidazole rings is 1. The highest BCUT2D eigenvalue weighted by molar-refractivity contribution is 7.89. The summed E-state index contributed by atoms with van der Waals surface area (Å²) in [6, 6.07) is 6.06. The number of aromatic nitrogens is 2. The van der Waals surface area contributed by atoms with Gasteiger partial charge in [-0.25, -0.2) is 26.6 Å². The van der Waals surface area contributed by atoms with Crippen LogP contribution in [0.3, 0.4) is 0 Å². The fourth-order valence-electron chi connectivity index (χ4n) is 3.22. The molecule has 8 nitrogen and oxygen atoms in total. The van der Waals surface area contributed by atoms with Crippen molar-refractivity contribution in [2.45, 2.75) is 45.0 Å². The van der Waals surface area contributed by atoms with Gasteiger partial charge in [0.1, 0.15) is 11.8 Å². The van der Waals surface area contributed by atoms with Crippen molar-refractivity contribution in [2.75, 3.05) is 24.2 Å². The van der Waals surface area contributed by atoms with Crippen LogP contribution in [0.15, 0.2) is 24.3 Å². The van der Waals surface area contributed by atoms with E-state index in [0.717, 1.165) is 10.2 Å². The van der Waals surface area contributed by atoms with Crippen molar-refractivity contribution in [1.82, 2.24) is 14.3 Å². The van der Waals surface area contributed by atoms with E-state index in [1.165, 1.54) is 0 Å². The zero-order chi connectivity index (χ0) is 20.7. The first kappa shape index (κ1) is 20.4. The summed E-state index contributed by atoms with van der Waals surface area (Å²) in [7, 11) is -3.64. The maximum Gasteiger partial charge on any atom is 0.408 e. The molecule has 0 saturated carbocycles. The molecule has 1 aliphatic heterocycles. The molecular weight excluding hydrogens is 387 g/mol. The van der Waals surface area contributed by atoms with Gasteiger partial charge in [-0.1, -0.05) is 12.1 Å². The quantitative estimate of drug-likeness (QED) is 0.831. The van der Waals surface area contributed by atoms with E-state index in [-0.39, 0.29) is 25.5 Å². The van der Waals surface area contributed by atoms with Crippen LogP contribution in [0, 0.1) is 0 Å². The first-order valence-electron chi connectivity index (χ1n) is 9.02. The number of piperidine rings is 1. The summed E-state index contributed by atoms with van der Waals surface area (Å²) >= 11 is 0. The van der Waals surface area contributed by atoms with Gasteiger partial charge in [0.2, 0.25) is 16.0 Å². The monoisotopic (exact) mass is 412 g/mol. The Balaban J connectivity index is 1.89. The van der Waals surface area contributed by atoms with Crippen molar-refractivity contribution in [2.24, 2.45) is 0 Å². The zero-order valence-electron chi connectivity index (χ0n) is 16.3. The van der Waals surface area contributed by atoms with Gasteiger partial charge in [-0.05, 0) is 39.3 Å². The van der Waals surface area contributed by atoms with E-state index in [4.69, 9.17) is 4.74 Å². The van der Waals surface area contributed by atoms with Gasteiger partial charge in [0.25, 0.3) is 0 Å². The highest BCUT2D eigenvalue weighted by Crippen LogP contribution is 2.27. The predicted molar refractivity (Wildman–Crippen MR) is 105 cm³/mol. The lowest BCUT2D eigenvalue weighted by Gasteiger charge is -2.36. The number of benzene rings is 1. The number of carbonyl (C=O) groups excluding carboxylic acids is 1. The average Bonchev–Trinajstić information content (AvgIpc) is 2.94. The second-order valence-electron chi connectivity index (χ2n) is 7.93. The van der Waals surface area contributed by atoms with Gasteiger partial charge in [0.05, 0.1) is 23.3 Å². The summed E-state index contributed by atoms with van der Waals surface area (Å²) in [6.45, 7) is 5.54. The number of fused-ring (bicyclic) bond motifs is 1. The van der Waals surface area contributed by atoms with Gasteiger partial charge < -0.3 is 15.0 Å². The number of halogens is 1. The number of rotatable bonds is 3. The number of para-hydroxylation sites is 2. The molecule has 1 fully saturated rings. The number of hydrogen-bond donors (Lipinski definition) is 1. The molecule has 0 unspecified atom stereocenters. The third-order valence-corrected chi connectivity index (χ3v) is 5.37. The molecule has 2 heterocycles. The number of carbonyl (C=O) groups is 1. The lowest BCUT2D eigenvalue weighted by atomic mass is 10.0. The summed E-state index contributed by atoms with van der Waals surface area (Å²) in [5.41, 5.74) is 0.287. The number of alkyl halides is 1. The molecule has 154 valence electrons. The molecule has 2 aromatic rings. The van der Waals surface area contributed by atoms with Gasteiger partial charge >= 0.3 is 6.09 Å².